The van der Waals surface area contributed by atoms with Crippen LogP contribution in [0.2, 0.25) is 5.02 Å². The maximum atomic E-state index is 12.5. The number of thioether (sulfide) groups is 1. The van der Waals surface area contributed by atoms with Crippen LogP contribution in [-0.2, 0) is 0 Å². The van der Waals surface area contributed by atoms with Crippen molar-refractivity contribution in [3.8, 4) is 0 Å². The fourth-order valence-electron chi connectivity index (χ4n) is 2.34. The Morgan fingerprint density at radius 2 is 2.28 bits per heavy atom. The molecule has 2 nitrogen and oxygen atoms in total. The maximum Gasteiger partial charge on any atom is 0.213 e. The highest BCUT2D eigenvalue weighted by Gasteiger charge is 2.39. The zero-order valence-electron chi connectivity index (χ0n) is 10.0. The lowest BCUT2D eigenvalue weighted by atomic mass is 9.98. The van der Waals surface area contributed by atoms with Crippen LogP contribution in [0.15, 0.2) is 28.7 Å². The zero-order valence-corrected chi connectivity index (χ0v) is 11.6. The van der Waals surface area contributed by atoms with E-state index in [0.29, 0.717) is 16.4 Å². The summed E-state index contributed by atoms with van der Waals surface area (Å²) in [6.45, 7) is 2.01. The normalized spacial score (nSPS) is 23.7. The van der Waals surface area contributed by atoms with Crippen LogP contribution in [0, 0.1) is 0 Å². The SMILES string of the molecule is CC1(C(=O)c2cc3cc(Cl)ccc3o2)CCCS1. The molecule has 18 heavy (non-hydrogen) atoms. The Morgan fingerprint density at radius 3 is 3.00 bits per heavy atom. The van der Waals surface area contributed by atoms with Crippen LogP contribution in [0.5, 0.6) is 0 Å². The van der Waals surface area contributed by atoms with Crippen LogP contribution in [-0.4, -0.2) is 16.3 Å². The summed E-state index contributed by atoms with van der Waals surface area (Å²) < 4.78 is 5.32. The van der Waals surface area contributed by atoms with Gasteiger partial charge in [0.25, 0.3) is 0 Å². The number of benzene rings is 1. The van der Waals surface area contributed by atoms with Gasteiger partial charge in [-0.2, -0.15) is 0 Å². The molecule has 1 atom stereocenters. The van der Waals surface area contributed by atoms with Crippen molar-refractivity contribution in [2.24, 2.45) is 0 Å². The van der Waals surface area contributed by atoms with Crippen molar-refractivity contribution < 1.29 is 9.21 Å². The van der Waals surface area contributed by atoms with Crippen molar-refractivity contribution >= 4 is 40.1 Å². The van der Waals surface area contributed by atoms with Gasteiger partial charge in [0.05, 0.1) is 4.75 Å². The van der Waals surface area contributed by atoms with Gasteiger partial charge in [0.2, 0.25) is 5.78 Å². The van der Waals surface area contributed by atoms with Crippen LogP contribution < -0.4 is 0 Å². The topological polar surface area (TPSA) is 30.2 Å². The molecule has 1 aliphatic heterocycles. The average molecular weight is 281 g/mol. The molecular formula is C14H13ClO2S. The number of rotatable bonds is 2. The summed E-state index contributed by atoms with van der Waals surface area (Å²) in [6.07, 6.45) is 2.02. The molecule has 1 aromatic carbocycles. The van der Waals surface area contributed by atoms with E-state index in [2.05, 4.69) is 0 Å². The molecule has 2 aromatic rings. The predicted molar refractivity (Wildman–Crippen MR) is 75.7 cm³/mol. The fraction of sp³-hybridized carbons (Fsp3) is 0.357. The number of carbonyl (C=O) groups excluding carboxylic acids is 1. The first-order chi connectivity index (χ1) is 8.58. The maximum absolute atomic E-state index is 12.5. The van der Waals surface area contributed by atoms with E-state index in [-0.39, 0.29) is 10.5 Å². The second-order valence-electron chi connectivity index (χ2n) is 4.80. The van der Waals surface area contributed by atoms with Gasteiger partial charge in [-0.05, 0) is 49.8 Å². The summed E-state index contributed by atoms with van der Waals surface area (Å²) in [5.74, 6) is 1.59. The Balaban J connectivity index is 2.01. The van der Waals surface area contributed by atoms with Crippen molar-refractivity contribution in [2.75, 3.05) is 5.75 Å². The summed E-state index contributed by atoms with van der Waals surface area (Å²) >= 11 is 7.66. The lowest BCUT2D eigenvalue weighted by Gasteiger charge is -2.18. The van der Waals surface area contributed by atoms with Crippen molar-refractivity contribution in [3.63, 3.8) is 0 Å². The molecule has 0 N–H and O–H groups in total. The molecule has 1 fully saturated rings. The number of hydrogen-bond acceptors (Lipinski definition) is 3. The Bertz CT molecular complexity index is 611. The molecule has 2 heterocycles. The largest absolute Gasteiger partial charge is 0.453 e. The third-order valence-corrected chi connectivity index (χ3v) is 5.16. The Hall–Kier alpha value is -0.930. The molecule has 0 aliphatic carbocycles. The van der Waals surface area contributed by atoms with Gasteiger partial charge in [0, 0.05) is 10.4 Å². The minimum atomic E-state index is -0.322. The molecule has 0 amide bonds. The third-order valence-electron chi connectivity index (χ3n) is 3.40. The van der Waals surface area contributed by atoms with Crippen molar-refractivity contribution in [1.82, 2.24) is 0 Å². The number of carbonyl (C=O) groups is 1. The molecule has 4 heteroatoms. The van der Waals surface area contributed by atoms with E-state index in [1.807, 2.05) is 13.0 Å². The highest BCUT2D eigenvalue weighted by atomic mass is 35.5. The van der Waals surface area contributed by atoms with Gasteiger partial charge in [-0.15, -0.1) is 11.8 Å². The van der Waals surface area contributed by atoms with Gasteiger partial charge in [-0.25, -0.2) is 0 Å². The van der Waals surface area contributed by atoms with Gasteiger partial charge in [0.1, 0.15) is 5.58 Å². The number of Topliss-reactive ketones (excluding diaryl/α,β-unsaturated/α-hetero) is 1. The summed E-state index contributed by atoms with van der Waals surface area (Å²) in [6, 6.07) is 7.20. The summed E-state index contributed by atoms with van der Waals surface area (Å²) in [5.41, 5.74) is 0.717. The third kappa shape index (κ3) is 1.95. The monoisotopic (exact) mass is 280 g/mol. The summed E-state index contributed by atoms with van der Waals surface area (Å²) in [7, 11) is 0. The molecule has 3 rings (SSSR count). The summed E-state index contributed by atoms with van der Waals surface area (Å²) in [5, 5.41) is 1.54. The Kier molecular flexibility index (Phi) is 2.91. The van der Waals surface area contributed by atoms with E-state index < -0.39 is 0 Å². The fourth-order valence-corrected chi connectivity index (χ4v) is 3.79. The lowest BCUT2D eigenvalue weighted by molar-refractivity contribution is 0.0923. The van der Waals surface area contributed by atoms with Gasteiger partial charge >= 0.3 is 0 Å². The first-order valence-corrected chi connectivity index (χ1v) is 7.33. The second-order valence-corrected chi connectivity index (χ2v) is 6.84. The predicted octanol–water partition coefficient (Wildman–Crippen LogP) is 4.55. The van der Waals surface area contributed by atoms with Gasteiger partial charge in [0.15, 0.2) is 5.76 Å². The lowest BCUT2D eigenvalue weighted by Crippen LogP contribution is -2.28. The van der Waals surface area contributed by atoms with Crippen LogP contribution in [0.25, 0.3) is 11.0 Å². The highest BCUT2D eigenvalue weighted by molar-refractivity contribution is 8.01. The van der Waals surface area contributed by atoms with Crippen LogP contribution in [0.4, 0.5) is 0 Å². The minimum absolute atomic E-state index is 0.0947. The molecule has 0 spiro atoms. The van der Waals surface area contributed by atoms with E-state index in [0.717, 1.165) is 24.0 Å². The number of halogens is 1. The van der Waals surface area contributed by atoms with E-state index in [1.165, 1.54) is 0 Å². The average Bonchev–Trinajstić information content (AvgIpc) is 2.94. The van der Waals surface area contributed by atoms with Gasteiger partial charge < -0.3 is 4.42 Å². The van der Waals surface area contributed by atoms with E-state index in [9.17, 15) is 4.79 Å². The standard InChI is InChI=1S/C14H13ClO2S/c1-14(5-2-6-18-14)13(16)12-8-9-7-10(15)3-4-11(9)17-12/h3-4,7-8H,2,5-6H2,1H3. The number of hydrogen-bond donors (Lipinski definition) is 0. The molecule has 1 saturated heterocycles. The van der Waals surface area contributed by atoms with E-state index in [4.69, 9.17) is 16.0 Å². The van der Waals surface area contributed by atoms with Crippen molar-refractivity contribution in [3.05, 3.63) is 35.0 Å². The number of ketones is 1. The van der Waals surface area contributed by atoms with Gasteiger partial charge in [-0.1, -0.05) is 11.6 Å². The Morgan fingerprint density at radius 1 is 1.44 bits per heavy atom. The van der Waals surface area contributed by atoms with Crippen LogP contribution >= 0.6 is 23.4 Å². The smallest absolute Gasteiger partial charge is 0.213 e. The molecular weight excluding hydrogens is 268 g/mol. The first-order valence-electron chi connectivity index (χ1n) is 5.96. The van der Waals surface area contributed by atoms with E-state index >= 15 is 0 Å². The van der Waals surface area contributed by atoms with Crippen LogP contribution in [0.1, 0.15) is 30.3 Å². The number of fused-ring (bicyclic) bond motifs is 1. The molecule has 0 radical (unpaired) electrons. The molecule has 1 aliphatic rings. The quantitative estimate of drug-likeness (QED) is 0.756. The minimum Gasteiger partial charge on any atom is -0.453 e. The molecule has 0 saturated carbocycles. The first kappa shape index (κ1) is 12.1. The molecule has 94 valence electrons. The second kappa shape index (κ2) is 4.32. The Labute approximate surface area is 115 Å². The van der Waals surface area contributed by atoms with Crippen molar-refractivity contribution in [2.45, 2.75) is 24.5 Å². The zero-order chi connectivity index (χ0) is 12.8. The molecule has 0 bridgehead atoms. The van der Waals surface area contributed by atoms with Crippen molar-refractivity contribution in [1.29, 1.82) is 0 Å². The van der Waals surface area contributed by atoms with Crippen LogP contribution in [0.3, 0.4) is 0 Å². The molecule has 1 unspecified atom stereocenters. The summed E-state index contributed by atoms with van der Waals surface area (Å²) in [4.78, 5) is 12.5. The highest BCUT2D eigenvalue weighted by Crippen LogP contribution is 2.41. The molecule has 1 aromatic heterocycles. The van der Waals surface area contributed by atoms with Gasteiger partial charge in [-0.3, -0.25) is 4.79 Å². The van der Waals surface area contributed by atoms with E-state index in [1.54, 1.807) is 30.0 Å². The number of furan rings is 1.